The molecule has 4 atom stereocenters. The maximum Gasteiger partial charge on any atom is 0.280 e. The molecule has 0 saturated heterocycles. The second kappa shape index (κ2) is 11.0. The highest BCUT2D eigenvalue weighted by atomic mass is 79.9. The Balaban J connectivity index is 2.13. The quantitative estimate of drug-likeness (QED) is 0.134. The molecule has 0 aliphatic carbocycles. The highest BCUT2D eigenvalue weighted by Gasteiger charge is 2.35. The minimum absolute atomic E-state index is 0.292. The molecule has 0 saturated carbocycles. The number of nitro groups is 2. The Morgan fingerprint density at radius 2 is 0.906 bits per heavy atom. The molecule has 0 radical (unpaired) electrons. The van der Waals surface area contributed by atoms with Crippen LogP contribution in [0.15, 0.2) is 72.8 Å². The molecule has 0 bridgehead atoms. The Labute approximate surface area is 218 Å². The van der Waals surface area contributed by atoms with Crippen LogP contribution in [-0.2, 0) is 0 Å². The Hall–Kier alpha value is -1.62. The maximum atomic E-state index is 11.8. The van der Waals surface area contributed by atoms with Crippen LogP contribution in [0.4, 0.5) is 11.4 Å². The summed E-state index contributed by atoms with van der Waals surface area (Å²) in [7, 11) is 0. The fourth-order valence-corrected chi connectivity index (χ4v) is 5.82. The number of halogens is 4. The predicted octanol–water partition coefficient (Wildman–Crippen LogP) is 8.65. The Morgan fingerprint density at radius 3 is 1.22 bits per heavy atom. The van der Waals surface area contributed by atoms with Crippen LogP contribution in [-0.4, -0.2) is 9.85 Å². The normalized spacial score (nSPS) is 14.9. The molecule has 0 fully saturated rings. The lowest BCUT2D eigenvalue weighted by atomic mass is 9.96. The van der Waals surface area contributed by atoms with Crippen molar-refractivity contribution in [3.05, 3.63) is 115 Å². The van der Waals surface area contributed by atoms with Crippen LogP contribution < -0.4 is 0 Å². The summed E-state index contributed by atoms with van der Waals surface area (Å²) in [6.45, 7) is 0. The lowest BCUT2D eigenvalue weighted by Gasteiger charge is -2.21. The van der Waals surface area contributed by atoms with Crippen LogP contribution in [0.1, 0.15) is 41.6 Å². The third-order valence-corrected chi connectivity index (χ3v) is 10.5. The highest BCUT2D eigenvalue weighted by Crippen LogP contribution is 2.51. The van der Waals surface area contributed by atoms with E-state index in [9.17, 15) is 20.2 Å². The molecule has 3 rings (SSSR count). The number of alkyl halides is 4. The zero-order valence-corrected chi connectivity index (χ0v) is 22.6. The van der Waals surface area contributed by atoms with Gasteiger partial charge in [0.1, 0.15) is 0 Å². The summed E-state index contributed by atoms with van der Waals surface area (Å²) >= 11 is 14.4. The van der Waals surface area contributed by atoms with E-state index in [1.54, 1.807) is 6.07 Å². The second-order valence-electron chi connectivity index (χ2n) is 6.91. The molecule has 32 heavy (non-hydrogen) atoms. The standard InChI is InChI=1S/C22H16Br4N2O4/c23-19(13-7-3-1-4-8-13)21(25)15-11-16(18(28(31)32)12-17(15)27(29)30)22(26)20(24)14-9-5-2-6-10-14/h1-12,19-22H/t19-,20-,21-,22+/m1/s1. The monoisotopic (exact) mass is 688 g/mol. The first-order chi connectivity index (χ1) is 15.2. The van der Waals surface area contributed by atoms with Crippen LogP contribution >= 0.6 is 63.7 Å². The summed E-state index contributed by atoms with van der Waals surface area (Å²) in [6.07, 6.45) is 0. The molecule has 0 N–H and O–H groups in total. The van der Waals surface area contributed by atoms with Gasteiger partial charge in [-0.1, -0.05) is 124 Å². The van der Waals surface area contributed by atoms with Crippen LogP contribution in [0.2, 0.25) is 0 Å². The molecule has 0 heterocycles. The van der Waals surface area contributed by atoms with Gasteiger partial charge in [-0.25, -0.2) is 0 Å². The van der Waals surface area contributed by atoms with Crippen molar-refractivity contribution in [2.75, 3.05) is 0 Å². The first kappa shape index (κ1) is 25.0. The lowest BCUT2D eigenvalue weighted by Crippen LogP contribution is -2.09. The van der Waals surface area contributed by atoms with Gasteiger partial charge in [-0.2, -0.15) is 0 Å². The number of nitro benzene ring substituents is 2. The fourth-order valence-electron chi connectivity index (χ4n) is 3.30. The number of benzene rings is 3. The van der Waals surface area contributed by atoms with E-state index in [0.717, 1.165) is 17.2 Å². The van der Waals surface area contributed by atoms with Crippen LogP contribution in [0.3, 0.4) is 0 Å². The summed E-state index contributed by atoms with van der Waals surface area (Å²) in [5, 5.41) is 23.6. The first-order valence-corrected chi connectivity index (χ1v) is 13.0. The zero-order chi connectivity index (χ0) is 23.4. The molecule has 0 amide bonds. The largest absolute Gasteiger partial charge is 0.280 e. The van der Waals surface area contributed by atoms with Gasteiger partial charge >= 0.3 is 0 Å². The van der Waals surface area contributed by atoms with E-state index in [1.807, 2.05) is 60.7 Å². The second-order valence-corrected chi connectivity index (χ2v) is 10.9. The average molecular weight is 692 g/mol. The van der Waals surface area contributed by atoms with E-state index >= 15 is 0 Å². The van der Waals surface area contributed by atoms with Gasteiger partial charge in [0.15, 0.2) is 0 Å². The molecule has 3 aromatic rings. The molecule has 0 aromatic heterocycles. The highest BCUT2D eigenvalue weighted by molar-refractivity contribution is 9.12. The Kier molecular flexibility index (Phi) is 8.60. The molecule has 0 unspecified atom stereocenters. The van der Waals surface area contributed by atoms with Crippen molar-refractivity contribution < 1.29 is 9.85 Å². The van der Waals surface area contributed by atoms with E-state index in [-0.39, 0.29) is 21.0 Å². The minimum atomic E-state index is -0.586. The number of nitrogens with zero attached hydrogens (tertiary/aromatic N) is 2. The van der Waals surface area contributed by atoms with E-state index in [2.05, 4.69) is 63.7 Å². The third-order valence-electron chi connectivity index (χ3n) is 4.91. The Morgan fingerprint density at radius 1 is 0.562 bits per heavy atom. The molecule has 10 heteroatoms. The zero-order valence-electron chi connectivity index (χ0n) is 16.3. The van der Waals surface area contributed by atoms with Crippen molar-refractivity contribution in [3.63, 3.8) is 0 Å². The van der Waals surface area contributed by atoms with Gasteiger partial charge in [-0.3, -0.25) is 20.2 Å². The van der Waals surface area contributed by atoms with Gasteiger partial charge in [-0.05, 0) is 17.2 Å². The van der Waals surface area contributed by atoms with Gasteiger partial charge < -0.3 is 0 Å². The maximum absolute atomic E-state index is 11.8. The van der Waals surface area contributed by atoms with E-state index in [4.69, 9.17) is 0 Å². The van der Waals surface area contributed by atoms with Gasteiger partial charge in [-0.15, -0.1) is 0 Å². The smallest absolute Gasteiger partial charge is 0.258 e. The van der Waals surface area contributed by atoms with Crippen molar-refractivity contribution in [3.8, 4) is 0 Å². The van der Waals surface area contributed by atoms with Crippen molar-refractivity contribution in [2.24, 2.45) is 0 Å². The van der Waals surface area contributed by atoms with E-state index in [0.29, 0.717) is 11.1 Å². The van der Waals surface area contributed by atoms with Crippen LogP contribution in [0, 0.1) is 20.2 Å². The molecule has 3 aromatic carbocycles. The van der Waals surface area contributed by atoms with Crippen LogP contribution in [0.5, 0.6) is 0 Å². The molecule has 0 aliphatic heterocycles. The predicted molar refractivity (Wildman–Crippen MR) is 139 cm³/mol. The summed E-state index contributed by atoms with van der Waals surface area (Å²) in [6, 6.07) is 21.5. The van der Waals surface area contributed by atoms with Crippen molar-refractivity contribution in [1.29, 1.82) is 0 Å². The average Bonchev–Trinajstić information content (AvgIpc) is 2.82. The minimum Gasteiger partial charge on any atom is -0.258 e. The van der Waals surface area contributed by atoms with Gasteiger partial charge in [0, 0.05) is 11.1 Å². The molecule has 6 nitrogen and oxygen atoms in total. The molecule has 0 spiro atoms. The van der Waals surface area contributed by atoms with Crippen LogP contribution in [0.25, 0.3) is 0 Å². The van der Waals surface area contributed by atoms with Crippen molar-refractivity contribution in [2.45, 2.75) is 19.3 Å². The molecular weight excluding hydrogens is 676 g/mol. The SMILES string of the molecule is O=[N+]([O-])c1cc([N+](=O)[O-])c([C@H](Br)[C@H](Br)c2ccccc2)cc1[C@@H](Br)[C@H](Br)c1ccccc1. The lowest BCUT2D eigenvalue weighted by molar-refractivity contribution is -0.395. The number of hydrogen-bond acceptors (Lipinski definition) is 4. The fraction of sp³-hybridized carbons (Fsp3) is 0.182. The van der Waals surface area contributed by atoms with Gasteiger partial charge in [0.2, 0.25) is 0 Å². The van der Waals surface area contributed by atoms with Crippen molar-refractivity contribution >= 4 is 75.1 Å². The topological polar surface area (TPSA) is 86.3 Å². The number of rotatable bonds is 8. The molecular formula is C22H16Br4N2O4. The third kappa shape index (κ3) is 5.47. The Bertz CT molecular complexity index is 1030. The summed E-state index contributed by atoms with van der Waals surface area (Å²) in [4.78, 5) is 20.9. The first-order valence-electron chi connectivity index (χ1n) is 9.35. The number of hydrogen-bond donors (Lipinski definition) is 0. The molecule has 166 valence electrons. The van der Waals surface area contributed by atoms with Crippen molar-refractivity contribution in [1.82, 2.24) is 0 Å². The van der Waals surface area contributed by atoms with E-state index < -0.39 is 19.5 Å². The summed E-state index contributed by atoms with van der Waals surface area (Å²) < 4.78 is 0. The van der Waals surface area contributed by atoms with Gasteiger partial charge in [0.25, 0.3) is 11.4 Å². The van der Waals surface area contributed by atoms with Gasteiger partial charge in [0.05, 0.1) is 35.2 Å². The molecule has 0 aliphatic rings. The summed E-state index contributed by atoms with van der Waals surface area (Å²) in [5.41, 5.74) is 1.90. The van der Waals surface area contributed by atoms with E-state index in [1.165, 1.54) is 0 Å². The summed E-state index contributed by atoms with van der Waals surface area (Å²) in [5.74, 6) is 0.